The number of nitriles is 1. The summed E-state index contributed by atoms with van der Waals surface area (Å²) in [5.74, 6) is 0. The fraction of sp³-hybridized carbons (Fsp3) is 0.857. The summed E-state index contributed by atoms with van der Waals surface area (Å²) in [5, 5.41) is 19.5. The predicted molar refractivity (Wildman–Crippen MR) is 33.5 cm³/mol. The molecule has 0 aliphatic carbocycles. The highest BCUT2D eigenvalue weighted by Gasteiger charge is 2.25. The highest BCUT2D eigenvalue weighted by Crippen LogP contribution is 2.25. The first-order valence-electron chi connectivity index (χ1n) is 2.93. The summed E-state index contributed by atoms with van der Waals surface area (Å²) in [7, 11) is 0. The van der Waals surface area contributed by atoms with Gasteiger partial charge < -0.3 is 5.11 Å². The topological polar surface area (TPSA) is 46.8 Å². The van der Waals surface area contributed by atoms with Crippen LogP contribution < -0.4 is 5.11 Å². The second-order valence-corrected chi connectivity index (χ2v) is 3.40. The van der Waals surface area contributed by atoms with E-state index in [1.54, 1.807) is 26.8 Å². The van der Waals surface area contributed by atoms with Crippen molar-refractivity contribution in [3.63, 3.8) is 0 Å². The zero-order valence-corrected chi connectivity index (χ0v) is 6.36. The molecule has 9 heavy (non-hydrogen) atoms. The molecule has 2 nitrogen and oxygen atoms in total. The third-order valence-electron chi connectivity index (χ3n) is 1.64. The van der Waals surface area contributed by atoms with Gasteiger partial charge in [-0.05, 0) is 11.0 Å². The Morgan fingerprint density at radius 1 is 1.22 bits per heavy atom. The molecular formula is C7H12NO-. The van der Waals surface area contributed by atoms with Gasteiger partial charge in [0.25, 0.3) is 0 Å². The average Bonchev–Trinajstić information content (AvgIpc) is 1.64. The third-order valence-corrected chi connectivity index (χ3v) is 1.64. The maximum absolute atomic E-state index is 11.1. The van der Waals surface area contributed by atoms with E-state index in [2.05, 4.69) is 0 Å². The van der Waals surface area contributed by atoms with Gasteiger partial charge in [0.05, 0.1) is 6.07 Å². The minimum atomic E-state index is -1.47. The van der Waals surface area contributed by atoms with Crippen LogP contribution in [0.3, 0.4) is 0 Å². The van der Waals surface area contributed by atoms with Crippen LogP contribution in [-0.4, -0.2) is 5.60 Å². The first-order chi connectivity index (χ1) is 3.81. The van der Waals surface area contributed by atoms with Gasteiger partial charge in [-0.25, -0.2) is 0 Å². The molecule has 0 aromatic rings. The van der Waals surface area contributed by atoms with Gasteiger partial charge in [-0.15, -0.1) is 0 Å². The van der Waals surface area contributed by atoms with Gasteiger partial charge in [0, 0.05) is 0 Å². The van der Waals surface area contributed by atoms with Gasteiger partial charge in [-0.1, -0.05) is 27.7 Å². The zero-order valence-electron chi connectivity index (χ0n) is 6.36. The van der Waals surface area contributed by atoms with Crippen molar-refractivity contribution in [1.82, 2.24) is 0 Å². The highest BCUT2D eigenvalue weighted by molar-refractivity contribution is 5.02. The molecule has 0 saturated heterocycles. The number of hydrogen-bond acceptors (Lipinski definition) is 2. The molecule has 0 N–H and O–H groups in total. The maximum Gasteiger partial charge on any atom is 0.0512 e. The van der Waals surface area contributed by atoms with E-state index in [0.717, 1.165) is 0 Å². The van der Waals surface area contributed by atoms with E-state index >= 15 is 0 Å². The van der Waals surface area contributed by atoms with Crippen LogP contribution in [-0.2, 0) is 0 Å². The van der Waals surface area contributed by atoms with Crippen molar-refractivity contribution in [2.24, 2.45) is 5.41 Å². The second-order valence-electron chi connectivity index (χ2n) is 3.40. The Bertz CT molecular complexity index is 136. The fourth-order valence-electron chi connectivity index (χ4n) is 0.168. The van der Waals surface area contributed by atoms with Crippen LogP contribution in [0, 0.1) is 16.7 Å². The lowest BCUT2D eigenvalue weighted by molar-refractivity contribution is -0.474. The van der Waals surface area contributed by atoms with Crippen molar-refractivity contribution in [1.29, 1.82) is 5.26 Å². The summed E-state index contributed by atoms with van der Waals surface area (Å²) < 4.78 is 0. The van der Waals surface area contributed by atoms with E-state index in [0.29, 0.717) is 0 Å². The smallest absolute Gasteiger partial charge is 0.0512 e. The third kappa shape index (κ3) is 1.69. The molecule has 52 valence electrons. The molecule has 0 unspecified atom stereocenters. The minimum absolute atomic E-state index is 0.470. The normalized spacial score (nSPS) is 18.2. The van der Waals surface area contributed by atoms with E-state index in [1.165, 1.54) is 6.92 Å². The van der Waals surface area contributed by atoms with Gasteiger partial charge in [-0.2, -0.15) is 5.26 Å². The van der Waals surface area contributed by atoms with Crippen LogP contribution in [0.5, 0.6) is 0 Å². The lowest BCUT2D eigenvalue weighted by atomic mass is 9.79. The van der Waals surface area contributed by atoms with Gasteiger partial charge in [0.2, 0.25) is 0 Å². The number of nitrogens with zero attached hydrogens (tertiary/aromatic N) is 1. The lowest BCUT2D eigenvalue weighted by Gasteiger charge is -2.41. The Hall–Kier alpha value is -0.550. The standard InChI is InChI=1S/C7H12NO/c1-6(2,3)7(4,9)5-8/h1-4H3/q-1/t7-/m1/s1. The Morgan fingerprint density at radius 2 is 1.56 bits per heavy atom. The monoisotopic (exact) mass is 126 g/mol. The molecule has 0 fully saturated rings. The molecule has 0 heterocycles. The Morgan fingerprint density at radius 3 is 1.56 bits per heavy atom. The van der Waals surface area contributed by atoms with Gasteiger partial charge in [0.15, 0.2) is 0 Å². The molecule has 0 bridgehead atoms. The Labute approximate surface area is 56.1 Å². The average molecular weight is 126 g/mol. The van der Waals surface area contributed by atoms with Crippen LogP contribution in [0.1, 0.15) is 27.7 Å². The summed E-state index contributed by atoms with van der Waals surface area (Å²) >= 11 is 0. The number of rotatable bonds is 0. The van der Waals surface area contributed by atoms with Crippen LogP contribution in [0.2, 0.25) is 0 Å². The minimum Gasteiger partial charge on any atom is -0.838 e. The lowest BCUT2D eigenvalue weighted by Crippen LogP contribution is -2.50. The van der Waals surface area contributed by atoms with Gasteiger partial charge >= 0.3 is 0 Å². The van der Waals surface area contributed by atoms with Crippen molar-refractivity contribution >= 4 is 0 Å². The predicted octanol–water partition coefficient (Wildman–Crippen LogP) is 0.675. The first-order valence-corrected chi connectivity index (χ1v) is 2.93. The second kappa shape index (κ2) is 2.00. The molecular weight excluding hydrogens is 114 g/mol. The van der Waals surface area contributed by atoms with E-state index in [4.69, 9.17) is 5.26 Å². The Kier molecular flexibility index (Phi) is 1.88. The summed E-state index contributed by atoms with van der Waals surface area (Å²) in [6, 6.07) is 1.73. The zero-order chi connectivity index (χ0) is 7.71. The molecule has 0 rings (SSSR count). The molecule has 0 aromatic heterocycles. The van der Waals surface area contributed by atoms with Gasteiger partial charge in [0.1, 0.15) is 0 Å². The summed E-state index contributed by atoms with van der Waals surface area (Å²) in [6.45, 7) is 6.71. The highest BCUT2D eigenvalue weighted by atomic mass is 16.3. The molecule has 0 aliphatic heterocycles. The SMILES string of the molecule is CC(C)(C)[C@](C)([O-])C#N. The molecule has 0 spiro atoms. The van der Waals surface area contributed by atoms with E-state index < -0.39 is 11.0 Å². The van der Waals surface area contributed by atoms with Crippen molar-refractivity contribution < 1.29 is 5.11 Å². The van der Waals surface area contributed by atoms with Crippen molar-refractivity contribution in [3.8, 4) is 6.07 Å². The molecule has 0 saturated carbocycles. The van der Waals surface area contributed by atoms with Gasteiger partial charge in [-0.3, -0.25) is 0 Å². The summed E-state index contributed by atoms with van der Waals surface area (Å²) in [4.78, 5) is 0. The van der Waals surface area contributed by atoms with Crippen LogP contribution in [0.25, 0.3) is 0 Å². The largest absolute Gasteiger partial charge is 0.838 e. The maximum atomic E-state index is 11.1. The van der Waals surface area contributed by atoms with Crippen molar-refractivity contribution in [2.75, 3.05) is 0 Å². The first kappa shape index (κ1) is 8.45. The molecule has 0 aliphatic rings. The quantitative estimate of drug-likeness (QED) is 0.479. The Balaban J connectivity index is 4.39. The van der Waals surface area contributed by atoms with Crippen LogP contribution in [0.15, 0.2) is 0 Å². The number of hydrogen-bond donors (Lipinski definition) is 0. The van der Waals surface area contributed by atoms with E-state index in [1.807, 2.05) is 0 Å². The summed E-state index contributed by atoms with van der Waals surface area (Å²) in [6.07, 6.45) is 0. The fourth-order valence-corrected chi connectivity index (χ4v) is 0.168. The molecule has 0 amide bonds. The van der Waals surface area contributed by atoms with Crippen LogP contribution in [0.4, 0.5) is 0 Å². The summed E-state index contributed by atoms with van der Waals surface area (Å²) in [5.41, 5.74) is -1.94. The molecule has 0 radical (unpaired) electrons. The molecule has 1 atom stereocenters. The van der Waals surface area contributed by atoms with Crippen molar-refractivity contribution in [3.05, 3.63) is 0 Å². The van der Waals surface area contributed by atoms with E-state index in [9.17, 15) is 5.11 Å². The molecule has 2 heteroatoms. The van der Waals surface area contributed by atoms with Crippen LogP contribution >= 0.6 is 0 Å². The van der Waals surface area contributed by atoms with Crippen molar-refractivity contribution in [2.45, 2.75) is 33.3 Å². The van der Waals surface area contributed by atoms with E-state index in [-0.39, 0.29) is 0 Å². The molecule has 0 aromatic carbocycles.